The lowest BCUT2D eigenvalue weighted by molar-refractivity contribution is 0.589. The van der Waals surface area contributed by atoms with Crippen molar-refractivity contribution >= 4 is 55.8 Å². The number of benzene rings is 1. The number of nitrogens with zero attached hydrogens (tertiary/aromatic N) is 7. The molecule has 0 saturated carbocycles. The highest BCUT2D eigenvalue weighted by molar-refractivity contribution is 7.92. The van der Waals surface area contributed by atoms with Crippen molar-refractivity contribution in [3.8, 4) is 0 Å². The minimum atomic E-state index is -3.53. The summed E-state index contributed by atoms with van der Waals surface area (Å²) < 4.78 is 27.1. The third kappa shape index (κ3) is 5.20. The van der Waals surface area contributed by atoms with Crippen LogP contribution < -0.4 is 19.8 Å². The summed E-state index contributed by atoms with van der Waals surface area (Å²) in [6.45, 7) is 4.17. The molecule has 1 aromatic carbocycles. The topological polar surface area (TPSA) is 121 Å². The molecule has 2 N–H and O–H groups in total. The van der Waals surface area contributed by atoms with Gasteiger partial charge in [0.1, 0.15) is 16.5 Å². The quantitative estimate of drug-likeness (QED) is 0.373. The Labute approximate surface area is 214 Å². The van der Waals surface area contributed by atoms with Crippen LogP contribution in [0.1, 0.15) is 5.69 Å². The molecular weight excluding hydrogens is 502 g/mol. The van der Waals surface area contributed by atoms with Crippen LogP contribution in [0.3, 0.4) is 0 Å². The van der Waals surface area contributed by atoms with Crippen LogP contribution >= 0.6 is 11.6 Å². The van der Waals surface area contributed by atoms with Gasteiger partial charge in [-0.3, -0.25) is 4.31 Å². The number of hydrogen-bond donors (Lipinski definition) is 2. The number of piperazine rings is 1. The maximum Gasteiger partial charge on any atom is 0.233 e. The van der Waals surface area contributed by atoms with Gasteiger partial charge < -0.3 is 20.1 Å². The Morgan fingerprint density at radius 3 is 2.56 bits per heavy atom. The molecule has 0 bridgehead atoms. The van der Waals surface area contributed by atoms with Crippen LogP contribution in [-0.4, -0.2) is 72.4 Å². The fraction of sp³-hybridized carbons (Fsp3) is 0.304. The van der Waals surface area contributed by atoms with Crippen molar-refractivity contribution in [1.82, 2.24) is 29.8 Å². The number of anilines is 4. The van der Waals surface area contributed by atoms with Gasteiger partial charge in [-0.25, -0.2) is 23.4 Å². The standard InChI is InChI=1S/C23H26ClN9O2S/c1-31(36(2,34)35)22-19(29-20(24)14-26-22)15-33-10-7-16-13-27-23(30-21(16)33)28-17-3-5-18(6-4-17)32-11-8-25-9-12-32/h3-7,10,13-14,25H,8-9,11-12,15H2,1-2H3,(H,27,28,30). The lowest BCUT2D eigenvalue weighted by Gasteiger charge is -2.29. The van der Waals surface area contributed by atoms with Gasteiger partial charge in [-0.2, -0.15) is 4.98 Å². The second-order valence-corrected chi connectivity index (χ2v) is 10.9. The largest absolute Gasteiger partial charge is 0.369 e. The van der Waals surface area contributed by atoms with E-state index in [9.17, 15) is 8.42 Å². The third-order valence-corrected chi connectivity index (χ3v) is 7.37. The fourth-order valence-corrected chi connectivity index (χ4v) is 4.67. The van der Waals surface area contributed by atoms with Gasteiger partial charge >= 0.3 is 0 Å². The van der Waals surface area contributed by atoms with Crippen LogP contribution in [0, 0.1) is 0 Å². The number of sulfonamides is 1. The van der Waals surface area contributed by atoms with Crippen LogP contribution in [0.15, 0.2) is 48.9 Å². The Bertz CT molecular complexity index is 1490. The number of aromatic nitrogens is 5. The van der Waals surface area contributed by atoms with Gasteiger partial charge in [0.2, 0.25) is 16.0 Å². The molecule has 13 heteroatoms. The zero-order chi connectivity index (χ0) is 25.3. The highest BCUT2D eigenvalue weighted by atomic mass is 35.5. The molecule has 36 heavy (non-hydrogen) atoms. The Hall–Kier alpha value is -3.48. The summed E-state index contributed by atoms with van der Waals surface area (Å²) in [4.78, 5) is 20.0. The molecule has 1 saturated heterocycles. The Morgan fingerprint density at radius 1 is 1.08 bits per heavy atom. The van der Waals surface area contributed by atoms with Crippen molar-refractivity contribution in [2.75, 3.05) is 54.0 Å². The summed E-state index contributed by atoms with van der Waals surface area (Å²) in [5.74, 6) is 0.656. The van der Waals surface area contributed by atoms with Gasteiger partial charge in [-0.1, -0.05) is 11.6 Å². The molecule has 4 heterocycles. The third-order valence-electron chi connectivity index (χ3n) is 6.02. The van der Waals surface area contributed by atoms with Gasteiger partial charge in [0, 0.05) is 62.4 Å². The molecule has 0 radical (unpaired) electrons. The summed E-state index contributed by atoms with van der Waals surface area (Å²) in [6, 6.07) is 10.1. The molecule has 1 fully saturated rings. The second-order valence-electron chi connectivity index (χ2n) is 8.52. The van der Waals surface area contributed by atoms with E-state index in [-0.39, 0.29) is 17.5 Å². The summed E-state index contributed by atoms with van der Waals surface area (Å²) in [6.07, 6.45) is 6.02. The first kappa shape index (κ1) is 24.2. The average Bonchev–Trinajstić information content (AvgIpc) is 3.26. The highest BCUT2D eigenvalue weighted by Crippen LogP contribution is 2.24. The minimum absolute atomic E-state index is 0.174. The molecule has 0 spiro atoms. The van der Waals surface area contributed by atoms with Gasteiger partial charge in [0.05, 0.1) is 19.0 Å². The van der Waals surface area contributed by atoms with Crippen molar-refractivity contribution in [3.63, 3.8) is 0 Å². The lowest BCUT2D eigenvalue weighted by Crippen LogP contribution is -2.43. The molecule has 1 aliphatic rings. The first-order chi connectivity index (χ1) is 17.3. The van der Waals surface area contributed by atoms with Gasteiger partial charge in [0.25, 0.3) is 0 Å². The van der Waals surface area contributed by atoms with Crippen LogP contribution in [-0.2, 0) is 16.6 Å². The van der Waals surface area contributed by atoms with E-state index in [4.69, 9.17) is 16.6 Å². The summed E-state index contributed by atoms with van der Waals surface area (Å²) >= 11 is 6.08. The van der Waals surface area contributed by atoms with E-state index in [0.29, 0.717) is 17.3 Å². The summed E-state index contributed by atoms with van der Waals surface area (Å²) in [5.41, 5.74) is 3.14. The SMILES string of the molecule is CN(c1ncc(Cl)nc1Cn1ccc2cnc(Nc3ccc(N4CCNCC4)cc3)nc21)S(C)(=O)=O. The predicted molar refractivity (Wildman–Crippen MR) is 142 cm³/mol. The number of fused-ring (bicyclic) bond motifs is 1. The monoisotopic (exact) mass is 527 g/mol. The van der Waals surface area contributed by atoms with Crippen molar-refractivity contribution in [2.24, 2.45) is 0 Å². The Kier molecular flexibility index (Phi) is 6.65. The normalized spacial score (nSPS) is 14.2. The van der Waals surface area contributed by atoms with Crippen molar-refractivity contribution in [1.29, 1.82) is 0 Å². The van der Waals surface area contributed by atoms with Gasteiger partial charge in [-0.05, 0) is 30.3 Å². The zero-order valence-electron chi connectivity index (χ0n) is 19.9. The van der Waals surface area contributed by atoms with E-state index < -0.39 is 10.0 Å². The van der Waals surface area contributed by atoms with Crippen LogP contribution in [0.25, 0.3) is 11.0 Å². The number of hydrogen-bond acceptors (Lipinski definition) is 9. The van der Waals surface area contributed by atoms with Crippen molar-refractivity contribution < 1.29 is 8.42 Å². The van der Waals surface area contributed by atoms with Crippen LogP contribution in [0.2, 0.25) is 5.15 Å². The minimum Gasteiger partial charge on any atom is -0.369 e. The van der Waals surface area contributed by atoms with E-state index in [0.717, 1.165) is 47.8 Å². The molecule has 0 aliphatic carbocycles. The molecule has 4 aromatic rings. The molecule has 0 atom stereocenters. The molecule has 0 amide bonds. The van der Waals surface area contributed by atoms with E-state index in [1.807, 2.05) is 29.0 Å². The maximum atomic E-state index is 12.1. The second kappa shape index (κ2) is 9.88. The first-order valence-corrected chi connectivity index (χ1v) is 13.6. The number of halogens is 1. The Balaban J connectivity index is 1.39. The highest BCUT2D eigenvalue weighted by Gasteiger charge is 2.20. The van der Waals surface area contributed by atoms with E-state index in [2.05, 4.69) is 42.6 Å². The molecule has 188 valence electrons. The molecule has 0 unspecified atom stereocenters. The fourth-order valence-electron chi connectivity index (χ4n) is 4.05. The van der Waals surface area contributed by atoms with Crippen molar-refractivity contribution in [3.05, 3.63) is 59.8 Å². The Morgan fingerprint density at radius 2 is 1.83 bits per heavy atom. The van der Waals surface area contributed by atoms with Gasteiger partial charge in [-0.15, -0.1) is 0 Å². The average molecular weight is 528 g/mol. The molecule has 5 rings (SSSR count). The number of nitrogens with one attached hydrogen (secondary N) is 2. The molecule has 1 aliphatic heterocycles. The smallest absolute Gasteiger partial charge is 0.233 e. The van der Waals surface area contributed by atoms with Crippen LogP contribution in [0.5, 0.6) is 0 Å². The summed E-state index contributed by atoms with van der Waals surface area (Å²) in [7, 11) is -2.09. The lowest BCUT2D eigenvalue weighted by atomic mass is 10.2. The van der Waals surface area contributed by atoms with Crippen molar-refractivity contribution in [2.45, 2.75) is 6.54 Å². The predicted octanol–water partition coefficient (Wildman–Crippen LogP) is 2.47. The molecular formula is C23H26ClN9O2S. The number of rotatable bonds is 7. The molecule has 3 aromatic heterocycles. The van der Waals surface area contributed by atoms with E-state index in [1.54, 1.807) is 6.20 Å². The first-order valence-electron chi connectivity index (χ1n) is 11.4. The zero-order valence-corrected chi connectivity index (χ0v) is 21.5. The summed E-state index contributed by atoms with van der Waals surface area (Å²) in [5, 5.41) is 7.64. The van der Waals surface area contributed by atoms with E-state index in [1.165, 1.54) is 18.9 Å². The van der Waals surface area contributed by atoms with Gasteiger partial charge in [0.15, 0.2) is 5.82 Å². The maximum absolute atomic E-state index is 12.1. The molecule has 11 nitrogen and oxygen atoms in total. The van der Waals surface area contributed by atoms with E-state index >= 15 is 0 Å². The van der Waals surface area contributed by atoms with Crippen LogP contribution in [0.4, 0.5) is 23.1 Å².